The zero-order valence-corrected chi connectivity index (χ0v) is 21.3. The number of para-hydroxylation sites is 1. The van der Waals surface area contributed by atoms with Crippen LogP contribution in [0.25, 0.3) is 0 Å². The van der Waals surface area contributed by atoms with Crippen molar-refractivity contribution in [2.75, 3.05) is 18.4 Å². The van der Waals surface area contributed by atoms with Crippen LogP contribution in [0, 0.1) is 5.92 Å². The van der Waals surface area contributed by atoms with Gasteiger partial charge >= 0.3 is 5.97 Å². The summed E-state index contributed by atoms with van der Waals surface area (Å²) in [6.45, 7) is 1.87. The molecule has 1 N–H and O–H groups in total. The number of hydrogen-bond donors (Lipinski definition) is 1. The number of sulfonamides is 1. The lowest BCUT2D eigenvalue weighted by Gasteiger charge is -2.30. The predicted octanol–water partition coefficient (Wildman–Crippen LogP) is 3.95. The van der Waals surface area contributed by atoms with Crippen LogP contribution in [-0.2, 0) is 24.3 Å². The summed E-state index contributed by atoms with van der Waals surface area (Å²) in [6, 6.07) is 18.6. The number of amides is 1. The van der Waals surface area contributed by atoms with Gasteiger partial charge in [0.15, 0.2) is 11.9 Å². The minimum atomic E-state index is -3.56. The Morgan fingerprint density at radius 1 is 0.972 bits per heavy atom. The summed E-state index contributed by atoms with van der Waals surface area (Å²) < 4.78 is 32.4. The molecule has 0 radical (unpaired) electrons. The van der Waals surface area contributed by atoms with Crippen LogP contribution < -0.4 is 5.32 Å². The van der Waals surface area contributed by atoms with Gasteiger partial charge in [0.1, 0.15) is 4.21 Å². The molecule has 1 aliphatic rings. The second-order valence-corrected chi connectivity index (χ2v) is 11.5. The van der Waals surface area contributed by atoms with Crippen LogP contribution in [0.5, 0.6) is 0 Å². The zero-order valence-electron chi connectivity index (χ0n) is 19.6. The molecule has 1 aliphatic heterocycles. The van der Waals surface area contributed by atoms with E-state index < -0.39 is 33.9 Å². The van der Waals surface area contributed by atoms with Crippen molar-refractivity contribution >= 4 is 44.7 Å². The summed E-state index contributed by atoms with van der Waals surface area (Å²) in [5, 5.41) is 4.40. The Bertz CT molecular complexity index is 1330. The fourth-order valence-corrected chi connectivity index (χ4v) is 6.58. The number of hydrogen-bond acceptors (Lipinski definition) is 7. The fraction of sp³-hybridized carbons (Fsp3) is 0.269. The maximum absolute atomic E-state index is 12.9. The normalized spacial score (nSPS) is 15.7. The van der Waals surface area contributed by atoms with E-state index in [1.807, 2.05) is 6.07 Å². The lowest BCUT2D eigenvalue weighted by atomic mass is 9.98. The number of ether oxygens (including phenoxy) is 1. The number of anilines is 1. The number of carbonyl (C=O) groups is 3. The quantitative estimate of drug-likeness (QED) is 0.352. The molecule has 0 bridgehead atoms. The summed E-state index contributed by atoms with van der Waals surface area (Å²) in [6.07, 6.45) is -0.469. The largest absolute Gasteiger partial charge is 0.452 e. The molecule has 1 saturated heterocycles. The van der Waals surface area contributed by atoms with Gasteiger partial charge in [-0.1, -0.05) is 48.5 Å². The fourth-order valence-electron chi connectivity index (χ4n) is 3.96. The summed E-state index contributed by atoms with van der Waals surface area (Å²) in [5.41, 5.74) is 1.15. The molecular weight excluding hydrogens is 500 g/mol. The molecule has 36 heavy (non-hydrogen) atoms. The van der Waals surface area contributed by atoms with E-state index in [-0.39, 0.29) is 23.1 Å². The lowest BCUT2D eigenvalue weighted by molar-refractivity contribution is -0.158. The lowest BCUT2D eigenvalue weighted by Crippen LogP contribution is -2.41. The number of ketones is 1. The third kappa shape index (κ3) is 5.72. The van der Waals surface area contributed by atoms with Gasteiger partial charge in [0.25, 0.3) is 15.9 Å². The summed E-state index contributed by atoms with van der Waals surface area (Å²) >= 11 is 1.16. The molecule has 1 unspecified atom stereocenters. The molecular formula is C26H26N2O6S2. The first-order valence-electron chi connectivity index (χ1n) is 11.5. The molecule has 10 heteroatoms. The Morgan fingerprint density at radius 3 is 2.31 bits per heavy atom. The Labute approximate surface area is 213 Å². The molecule has 2 aromatic carbocycles. The molecule has 3 aromatic rings. The second kappa shape index (κ2) is 11.2. The van der Waals surface area contributed by atoms with Crippen molar-refractivity contribution in [3.05, 3.63) is 83.2 Å². The van der Waals surface area contributed by atoms with Crippen LogP contribution in [0.1, 0.15) is 35.7 Å². The van der Waals surface area contributed by atoms with Gasteiger partial charge in [-0.05, 0) is 43.3 Å². The highest BCUT2D eigenvalue weighted by Crippen LogP contribution is 2.27. The van der Waals surface area contributed by atoms with Gasteiger partial charge < -0.3 is 10.1 Å². The van der Waals surface area contributed by atoms with Crippen molar-refractivity contribution in [3.63, 3.8) is 0 Å². The van der Waals surface area contributed by atoms with Gasteiger partial charge in [-0.15, -0.1) is 11.3 Å². The molecule has 1 atom stereocenters. The number of rotatable bonds is 8. The minimum absolute atomic E-state index is 0.204. The van der Waals surface area contributed by atoms with Gasteiger partial charge in [-0.2, -0.15) is 4.31 Å². The van der Waals surface area contributed by atoms with Crippen molar-refractivity contribution in [3.8, 4) is 0 Å². The van der Waals surface area contributed by atoms with Gasteiger partial charge in [-0.25, -0.2) is 8.42 Å². The summed E-state index contributed by atoms with van der Waals surface area (Å²) in [5.74, 6) is -1.84. The van der Waals surface area contributed by atoms with Crippen LogP contribution in [0.4, 0.5) is 5.69 Å². The van der Waals surface area contributed by atoms with Crippen LogP contribution >= 0.6 is 11.3 Å². The SMILES string of the molecule is CC(OC(=O)C1CCN(S(=O)(=O)c2cccs2)CC1)C(=O)Nc1ccccc1C(=O)c1ccccc1. The van der Waals surface area contributed by atoms with E-state index in [0.717, 1.165) is 11.3 Å². The van der Waals surface area contributed by atoms with E-state index >= 15 is 0 Å². The summed E-state index contributed by atoms with van der Waals surface area (Å²) in [7, 11) is -3.56. The molecule has 2 heterocycles. The smallest absolute Gasteiger partial charge is 0.309 e. The minimum Gasteiger partial charge on any atom is -0.452 e. The van der Waals surface area contributed by atoms with E-state index in [9.17, 15) is 22.8 Å². The number of thiophene rings is 1. The predicted molar refractivity (Wildman–Crippen MR) is 136 cm³/mol. The van der Waals surface area contributed by atoms with Crippen LogP contribution in [0.3, 0.4) is 0 Å². The Hall–Kier alpha value is -3.34. The van der Waals surface area contributed by atoms with Crippen LogP contribution in [0.15, 0.2) is 76.3 Å². The number of nitrogens with zero attached hydrogens (tertiary/aromatic N) is 1. The standard InChI is InChI=1S/C26H26N2O6S2/c1-18(25(30)27-22-11-6-5-10-21(22)24(29)19-8-3-2-4-9-19)34-26(31)20-13-15-28(16-14-20)36(32,33)23-12-7-17-35-23/h2-12,17-18,20H,13-16H2,1H3,(H,27,30). The Kier molecular flexibility index (Phi) is 7.97. The maximum Gasteiger partial charge on any atom is 0.309 e. The van der Waals surface area contributed by atoms with Gasteiger partial charge in [-0.3, -0.25) is 14.4 Å². The number of benzene rings is 2. The monoisotopic (exact) mass is 526 g/mol. The third-order valence-corrected chi connectivity index (χ3v) is 9.28. The van der Waals surface area contributed by atoms with Gasteiger partial charge in [0.05, 0.1) is 11.6 Å². The maximum atomic E-state index is 12.9. The zero-order chi connectivity index (χ0) is 25.7. The first-order valence-corrected chi connectivity index (χ1v) is 13.8. The van der Waals surface area contributed by atoms with Gasteiger partial charge in [0.2, 0.25) is 0 Å². The highest BCUT2D eigenvalue weighted by molar-refractivity contribution is 7.91. The first-order chi connectivity index (χ1) is 17.3. The van der Waals surface area contributed by atoms with E-state index in [1.165, 1.54) is 11.2 Å². The number of esters is 1. The molecule has 1 fully saturated rings. The number of carbonyl (C=O) groups excluding carboxylic acids is 3. The highest BCUT2D eigenvalue weighted by Gasteiger charge is 2.34. The van der Waals surface area contributed by atoms with E-state index in [1.54, 1.807) is 66.0 Å². The van der Waals surface area contributed by atoms with Crippen molar-refractivity contribution in [1.82, 2.24) is 4.31 Å². The number of piperidine rings is 1. The molecule has 1 aromatic heterocycles. The van der Waals surface area contributed by atoms with Gasteiger partial charge in [0, 0.05) is 24.2 Å². The Morgan fingerprint density at radius 2 is 1.64 bits per heavy atom. The average molecular weight is 527 g/mol. The molecule has 4 rings (SSSR count). The van der Waals surface area contributed by atoms with Crippen molar-refractivity contribution in [2.24, 2.45) is 5.92 Å². The van der Waals surface area contributed by atoms with E-state index in [4.69, 9.17) is 4.74 Å². The Balaban J connectivity index is 1.34. The van der Waals surface area contributed by atoms with Crippen molar-refractivity contribution in [1.29, 1.82) is 0 Å². The number of nitrogens with one attached hydrogen (secondary N) is 1. The van der Waals surface area contributed by atoms with Crippen molar-refractivity contribution in [2.45, 2.75) is 30.1 Å². The molecule has 8 nitrogen and oxygen atoms in total. The highest BCUT2D eigenvalue weighted by atomic mass is 32.2. The molecule has 0 saturated carbocycles. The molecule has 0 spiro atoms. The van der Waals surface area contributed by atoms with E-state index in [0.29, 0.717) is 29.7 Å². The molecule has 0 aliphatic carbocycles. The second-order valence-electron chi connectivity index (χ2n) is 8.42. The first kappa shape index (κ1) is 25.7. The van der Waals surface area contributed by atoms with E-state index in [2.05, 4.69) is 5.32 Å². The van der Waals surface area contributed by atoms with Crippen molar-refractivity contribution < 1.29 is 27.5 Å². The van der Waals surface area contributed by atoms with Crippen LogP contribution in [-0.4, -0.2) is 49.6 Å². The molecule has 188 valence electrons. The molecule has 1 amide bonds. The average Bonchev–Trinajstić information content (AvgIpc) is 3.45. The topological polar surface area (TPSA) is 110 Å². The third-order valence-electron chi connectivity index (χ3n) is 6.00. The van der Waals surface area contributed by atoms with Crippen LogP contribution in [0.2, 0.25) is 0 Å². The summed E-state index contributed by atoms with van der Waals surface area (Å²) in [4.78, 5) is 38.4.